The average Bonchev–Trinajstić information content (AvgIpc) is 3.15. The third kappa shape index (κ3) is 3.04. The van der Waals surface area contributed by atoms with E-state index in [1.165, 1.54) is 0 Å². The summed E-state index contributed by atoms with van der Waals surface area (Å²) in [4.78, 5) is 32.2. The number of ether oxygens (including phenoxy) is 1. The summed E-state index contributed by atoms with van der Waals surface area (Å²) in [5.41, 5.74) is 1.04. The molecule has 2 spiro atoms. The molecule has 6 rings (SSSR count). The van der Waals surface area contributed by atoms with E-state index >= 15 is 0 Å². The van der Waals surface area contributed by atoms with Crippen molar-refractivity contribution in [2.24, 2.45) is 0 Å². The summed E-state index contributed by atoms with van der Waals surface area (Å²) >= 11 is 0. The molecule has 4 heterocycles. The van der Waals surface area contributed by atoms with Crippen molar-refractivity contribution in [3.63, 3.8) is 0 Å². The number of rotatable bonds is 1. The van der Waals surface area contributed by atoms with Crippen molar-refractivity contribution in [3.8, 4) is 0 Å². The number of aromatic nitrogens is 1. The lowest BCUT2D eigenvalue weighted by atomic mass is 9.84. The van der Waals surface area contributed by atoms with Crippen molar-refractivity contribution in [3.05, 3.63) is 72.1 Å². The van der Waals surface area contributed by atoms with Crippen molar-refractivity contribution in [1.29, 1.82) is 0 Å². The highest BCUT2D eigenvalue weighted by atomic mass is 16.5. The molecular formula is C25H24N4O3. The number of piperidine rings is 1. The van der Waals surface area contributed by atoms with Crippen LogP contribution in [0.2, 0.25) is 0 Å². The van der Waals surface area contributed by atoms with Crippen molar-refractivity contribution < 1.29 is 14.3 Å². The monoisotopic (exact) mass is 428 g/mol. The van der Waals surface area contributed by atoms with Crippen molar-refractivity contribution in [1.82, 2.24) is 15.2 Å². The van der Waals surface area contributed by atoms with Gasteiger partial charge in [0.2, 0.25) is 0 Å². The van der Waals surface area contributed by atoms with E-state index in [1.807, 2.05) is 59.5 Å². The first-order valence-corrected chi connectivity index (χ1v) is 11.0. The van der Waals surface area contributed by atoms with Gasteiger partial charge in [-0.3, -0.25) is 14.6 Å². The zero-order valence-corrected chi connectivity index (χ0v) is 17.6. The van der Waals surface area contributed by atoms with Crippen LogP contribution in [-0.4, -0.2) is 52.7 Å². The van der Waals surface area contributed by atoms with Gasteiger partial charge in [0.1, 0.15) is 11.4 Å². The van der Waals surface area contributed by atoms with Crippen LogP contribution < -0.4 is 10.6 Å². The van der Waals surface area contributed by atoms with Gasteiger partial charge in [0.15, 0.2) is 0 Å². The molecule has 7 nitrogen and oxygen atoms in total. The number of hydrogen-bond acceptors (Lipinski definition) is 5. The number of para-hydroxylation sites is 1. The Kier molecular flexibility index (Phi) is 4.23. The second-order valence-corrected chi connectivity index (χ2v) is 9.03. The number of nitrogens with zero attached hydrogens (tertiary/aromatic N) is 2. The molecule has 7 heteroatoms. The Labute approximate surface area is 185 Å². The number of benzene rings is 2. The van der Waals surface area contributed by atoms with E-state index in [-0.39, 0.29) is 17.4 Å². The van der Waals surface area contributed by atoms with Crippen molar-refractivity contribution >= 4 is 28.3 Å². The molecule has 2 N–H and O–H groups in total. The zero-order chi connectivity index (χ0) is 21.8. The lowest BCUT2D eigenvalue weighted by molar-refractivity contribution is -0.0393. The Morgan fingerprint density at radius 1 is 1.00 bits per heavy atom. The molecule has 0 aliphatic carbocycles. The predicted molar refractivity (Wildman–Crippen MR) is 120 cm³/mol. The Morgan fingerprint density at radius 2 is 1.78 bits per heavy atom. The quantitative estimate of drug-likeness (QED) is 0.622. The van der Waals surface area contributed by atoms with Crippen LogP contribution in [-0.2, 0) is 4.74 Å². The van der Waals surface area contributed by atoms with Crippen LogP contribution >= 0.6 is 0 Å². The van der Waals surface area contributed by atoms with Gasteiger partial charge in [0.25, 0.3) is 11.8 Å². The fourth-order valence-electron chi connectivity index (χ4n) is 5.33. The van der Waals surface area contributed by atoms with Gasteiger partial charge >= 0.3 is 0 Å². The maximum absolute atomic E-state index is 13.2. The van der Waals surface area contributed by atoms with Crippen LogP contribution in [0.15, 0.2) is 60.8 Å². The summed E-state index contributed by atoms with van der Waals surface area (Å²) in [5.74, 6) is -0.114. The van der Waals surface area contributed by atoms with Crippen LogP contribution in [0.1, 0.15) is 40.1 Å². The van der Waals surface area contributed by atoms with Crippen LogP contribution in [0.5, 0.6) is 0 Å². The molecule has 162 valence electrons. The van der Waals surface area contributed by atoms with Gasteiger partial charge < -0.3 is 20.3 Å². The summed E-state index contributed by atoms with van der Waals surface area (Å²) in [6.45, 7) is 1.61. The predicted octanol–water partition coefficient (Wildman–Crippen LogP) is 3.18. The summed E-state index contributed by atoms with van der Waals surface area (Å²) in [6, 6.07) is 17.3. The number of pyridine rings is 1. The molecule has 1 unspecified atom stereocenters. The largest absolute Gasteiger partial charge is 0.370 e. The third-order valence-corrected chi connectivity index (χ3v) is 6.99. The van der Waals surface area contributed by atoms with E-state index in [4.69, 9.17) is 4.74 Å². The number of carbonyl (C=O) groups is 2. The molecule has 2 fully saturated rings. The maximum atomic E-state index is 13.2. The third-order valence-electron chi connectivity index (χ3n) is 6.99. The first-order valence-electron chi connectivity index (χ1n) is 11.0. The van der Waals surface area contributed by atoms with Crippen molar-refractivity contribution in [2.75, 3.05) is 25.0 Å². The van der Waals surface area contributed by atoms with Gasteiger partial charge in [0, 0.05) is 36.8 Å². The lowest BCUT2D eigenvalue weighted by Gasteiger charge is -2.41. The fraction of sp³-hybridized carbons (Fsp3) is 0.320. The zero-order valence-electron chi connectivity index (χ0n) is 17.6. The van der Waals surface area contributed by atoms with Gasteiger partial charge in [-0.2, -0.15) is 0 Å². The second-order valence-electron chi connectivity index (χ2n) is 9.03. The topological polar surface area (TPSA) is 83.6 Å². The number of hydrogen-bond donors (Lipinski definition) is 2. The number of nitrogens with one attached hydrogen (secondary N) is 2. The van der Waals surface area contributed by atoms with E-state index in [9.17, 15) is 9.59 Å². The molecule has 1 aromatic heterocycles. The van der Waals surface area contributed by atoms with E-state index < -0.39 is 5.66 Å². The maximum Gasteiger partial charge on any atom is 0.273 e. The van der Waals surface area contributed by atoms with Gasteiger partial charge in [0.05, 0.1) is 17.8 Å². The number of likely N-dealkylation sites (tertiary alicyclic amines) is 1. The standard InChI is InChI=1S/C25H24N4O3/c30-22-19-7-3-4-8-20(19)27-25(28-22)15-24(32-16-25)10-13-29(14-11-24)23(31)21-18-6-2-1-5-17(18)9-12-26-21/h1-9,12,27H,10-11,13-16H2,(H,28,30). The molecule has 2 saturated heterocycles. The first kappa shape index (κ1) is 19.3. The van der Waals surface area contributed by atoms with Crippen LogP contribution in [0.3, 0.4) is 0 Å². The molecule has 3 aliphatic heterocycles. The molecular weight excluding hydrogens is 404 g/mol. The Bertz CT molecular complexity index is 1230. The van der Waals surface area contributed by atoms with Gasteiger partial charge in [-0.25, -0.2) is 0 Å². The molecule has 1 atom stereocenters. The van der Waals surface area contributed by atoms with Gasteiger partial charge in [-0.05, 0) is 36.4 Å². The molecule has 2 aromatic carbocycles. The molecule has 0 bridgehead atoms. The molecule has 3 aromatic rings. The minimum atomic E-state index is -0.602. The van der Waals surface area contributed by atoms with Gasteiger partial charge in [-0.15, -0.1) is 0 Å². The minimum Gasteiger partial charge on any atom is -0.370 e. The van der Waals surface area contributed by atoms with E-state index in [1.54, 1.807) is 6.20 Å². The molecule has 0 radical (unpaired) electrons. The van der Waals surface area contributed by atoms with Crippen LogP contribution in [0, 0.1) is 0 Å². The normalized spacial score (nSPS) is 23.8. The minimum absolute atomic E-state index is 0.0395. The van der Waals surface area contributed by atoms with Crippen LogP contribution in [0.25, 0.3) is 10.8 Å². The van der Waals surface area contributed by atoms with E-state index in [0.717, 1.165) is 29.3 Å². The number of anilines is 1. The molecule has 3 aliphatic rings. The number of amides is 2. The fourth-order valence-corrected chi connectivity index (χ4v) is 5.33. The van der Waals surface area contributed by atoms with Crippen molar-refractivity contribution in [2.45, 2.75) is 30.5 Å². The molecule has 32 heavy (non-hydrogen) atoms. The Morgan fingerprint density at radius 3 is 2.66 bits per heavy atom. The summed E-state index contributed by atoms with van der Waals surface area (Å²) in [7, 11) is 0. The average molecular weight is 428 g/mol. The summed E-state index contributed by atoms with van der Waals surface area (Å²) < 4.78 is 6.31. The van der Waals surface area contributed by atoms with Crippen LogP contribution in [0.4, 0.5) is 5.69 Å². The lowest BCUT2D eigenvalue weighted by Crippen LogP contribution is -2.59. The summed E-state index contributed by atoms with van der Waals surface area (Å²) in [5, 5.41) is 8.53. The second kappa shape index (κ2) is 7.03. The van der Waals surface area contributed by atoms with E-state index in [0.29, 0.717) is 37.4 Å². The first-order chi connectivity index (χ1) is 15.6. The SMILES string of the molecule is O=C1NC2(COC3(CCN(C(=O)c4nccc5ccccc45)CC3)C2)Nc2ccccc21. The van der Waals surface area contributed by atoms with E-state index in [2.05, 4.69) is 15.6 Å². The smallest absolute Gasteiger partial charge is 0.273 e. The van der Waals surface area contributed by atoms with Gasteiger partial charge in [-0.1, -0.05) is 36.4 Å². The Hall–Kier alpha value is -3.45. The Balaban J connectivity index is 1.18. The number of fused-ring (bicyclic) bond motifs is 2. The number of carbonyl (C=O) groups excluding carboxylic acids is 2. The highest BCUT2D eigenvalue weighted by molar-refractivity contribution is 6.05. The highest BCUT2D eigenvalue weighted by Gasteiger charge is 2.53. The summed E-state index contributed by atoms with van der Waals surface area (Å²) in [6.07, 6.45) is 3.82. The molecule has 2 amide bonds. The molecule has 0 saturated carbocycles. The highest BCUT2D eigenvalue weighted by Crippen LogP contribution is 2.43.